The summed E-state index contributed by atoms with van der Waals surface area (Å²) in [4.78, 5) is 0. The molecule has 5 nitrogen and oxygen atoms in total. The molecule has 2 N–H and O–H groups in total. The number of aryl methyl sites for hydroxylation is 1. The first-order valence-electron chi connectivity index (χ1n) is 6.06. The molecular formula is C14H12ClN5. The van der Waals surface area contributed by atoms with Gasteiger partial charge in [0.15, 0.2) is 5.82 Å². The van der Waals surface area contributed by atoms with Crippen molar-refractivity contribution in [2.45, 2.75) is 6.92 Å². The van der Waals surface area contributed by atoms with E-state index in [4.69, 9.17) is 17.3 Å². The zero-order valence-corrected chi connectivity index (χ0v) is 11.5. The third-order valence-electron chi connectivity index (χ3n) is 3.07. The van der Waals surface area contributed by atoms with E-state index >= 15 is 0 Å². The van der Waals surface area contributed by atoms with Crippen LogP contribution in [0.2, 0.25) is 5.02 Å². The molecule has 0 atom stereocenters. The summed E-state index contributed by atoms with van der Waals surface area (Å²) in [5, 5.41) is 12.4. The lowest BCUT2D eigenvalue weighted by Gasteiger charge is -2.08. The van der Waals surface area contributed by atoms with Crippen molar-refractivity contribution in [2.75, 3.05) is 5.73 Å². The molecular weight excluding hydrogens is 274 g/mol. The number of tetrazole rings is 1. The number of para-hydroxylation sites is 1. The van der Waals surface area contributed by atoms with Crippen molar-refractivity contribution in [3.05, 3.63) is 53.1 Å². The van der Waals surface area contributed by atoms with Gasteiger partial charge in [-0.2, -0.15) is 4.68 Å². The fourth-order valence-electron chi connectivity index (χ4n) is 2.00. The molecule has 0 bridgehead atoms. The third kappa shape index (κ3) is 2.12. The number of hydrogen-bond donors (Lipinski definition) is 1. The van der Waals surface area contributed by atoms with Gasteiger partial charge in [-0.1, -0.05) is 29.8 Å². The van der Waals surface area contributed by atoms with Gasteiger partial charge in [-0.15, -0.1) is 5.10 Å². The minimum Gasteiger partial charge on any atom is -0.398 e. The van der Waals surface area contributed by atoms with Crippen LogP contribution in [-0.4, -0.2) is 20.2 Å². The lowest BCUT2D eigenvalue weighted by atomic mass is 10.1. The second kappa shape index (κ2) is 4.94. The smallest absolute Gasteiger partial charge is 0.187 e. The van der Waals surface area contributed by atoms with E-state index in [0.29, 0.717) is 16.5 Å². The Bertz CT molecular complexity index is 766. The summed E-state index contributed by atoms with van der Waals surface area (Å²) >= 11 is 6.06. The summed E-state index contributed by atoms with van der Waals surface area (Å²) in [5.74, 6) is 0.626. The number of nitrogen functional groups attached to an aromatic ring is 1. The van der Waals surface area contributed by atoms with E-state index in [1.165, 1.54) is 0 Å². The molecule has 0 unspecified atom stereocenters. The maximum Gasteiger partial charge on any atom is 0.187 e. The van der Waals surface area contributed by atoms with E-state index in [9.17, 15) is 0 Å². The molecule has 0 saturated carbocycles. The molecule has 6 heteroatoms. The predicted molar refractivity (Wildman–Crippen MR) is 78.7 cm³/mol. The molecule has 0 radical (unpaired) electrons. The monoisotopic (exact) mass is 285 g/mol. The van der Waals surface area contributed by atoms with Gasteiger partial charge >= 0.3 is 0 Å². The van der Waals surface area contributed by atoms with E-state index in [-0.39, 0.29) is 0 Å². The van der Waals surface area contributed by atoms with Gasteiger partial charge in [0.2, 0.25) is 0 Å². The Balaban J connectivity index is 2.15. The van der Waals surface area contributed by atoms with Crippen LogP contribution in [0.15, 0.2) is 42.5 Å². The van der Waals surface area contributed by atoms with Crippen molar-refractivity contribution >= 4 is 17.3 Å². The Morgan fingerprint density at radius 2 is 1.95 bits per heavy atom. The Morgan fingerprint density at radius 1 is 1.15 bits per heavy atom. The number of aromatic nitrogens is 4. The number of nitrogens with zero attached hydrogens (tertiary/aromatic N) is 4. The molecule has 3 rings (SSSR count). The summed E-state index contributed by atoms with van der Waals surface area (Å²) in [6.45, 7) is 2.01. The van der Waals surface area contributed by atoms with Gasteiger partial charge < -0.3 is 5.73 Å². The number of rotatable bonds is 2. The second-order valence-electron chi connectivity index (χ2n) is 4.44. The van der Waals surface area contributed by atoms with Crippen molar-refractivity contribution in [3.63, 3.8) is 0 Å². The molecule has 0 aliphatic carbocycles. The van der Waals surface area contributed by atoms with Crippen LogP contribution >= 0.6 is 11.6 Å². The van der Waals surface area contributed by atoms with E-state index in [1.807, 2.05) is 37.3 Å². The highest BCUT2D eigenvalue weighted by atomic mass is 35.5. The third-order valence-corrected chi connectivity index (χ3v) is 3.40. The predicted octanol–water partition coefficient (Wildman–Crippen LogP) is 2.87. The fourth-order valence-corrected chi connectivity index (χ4v) is 2.18. The molecule has 1 heterocycles. The van der Waals surface area contributed by atoms with Crippen LogP contribution in [0.4, 0.5) is 5.69 Å². The average molecular weight is 286 g/mol. The summed E-state index contributed by atoms with van der Waals surface area (Å²) in [5.41, 5.74) is 9.09. The summed E-state index contributed by atoms with van der Waals surface area (Å²) < 4.78 is 1.69. The second-order valence-corrected chi connectivity index (χ2v) is 4.84. The van der Waals surface area contributed by atoms with Crippen molar-refractivity contribution in [1.29, 1.82) is 0 Å². The molecule has 100 valence electrons. The minimum atomic E-state index is 0.488. The van der Waals surface area contributed by atoms with Crippen LogP contribution in [0.5, 0.6) is 0 Å². The van der Waals surface area contributed by atoms with Crippen LogP contribution in [0.1, 0.15) is 5.56 Å². The van der Waals surface area contributed by atoms with Gasteiger partial charge in [-0.25, -0.2) is 0 Å². The van der Waals surface area contributed by atoms with Crippen molar-refractivity contribution < 1.29 is 0 Å². The lowest BCUT2D eigenvalue weighted by Crippen LogP contribution is -2.02. The highest BCUT2D eigenvalue weighted by molar-refractivity contribution is 6.33. The van der Waals surface area contributed by atoms with Crippen LogP contribution in [0.25, 0.3) is 17.1 Å². The van der Waals surface area contributed by atoms with Crippen molar-refractivity contribution in [3.8, 4) is 17.1 Å². The summed E-state index contributed by atoms with van der Waals surface area (Å²) in [6.07, 6.45) is 0. The van der Waals surface area contributed by atoms with E-state index < -0.39 is 0 Å². The number of benzene rings is 2. The van der Waals surface area contributed by atoms with Crippen LogP contribution in [0.3, 0.4) is 0 Å². The number of anilines is 1. The molecule has 0 saturated heterocycles. The molecule has 2 aromatic carbocycles. The quantitative estimate of drug-likeness (QED) is 0.735. The molecule has 0 spiro atoms. The van der Waals surface area contributed by atoms with E-state index in [2.05, 4.69) is 15.5 Å². The first-order valence-corrected chi connectivity index (χ1v) is 6.44. The standard InChI is InChI=1S/C14H12ClN5/c1-9-4-2-3-5-13(9)20-14(17-18-19-20)10-6-7-12(16)11(15)8-10/h2-8H,16H2,1H3. The van der Waals surface area contributed by atoms with Crippen molar-refractivity contribution in [1.82, 2.24) is 20.2 Å². The van der Waals surface area contributed by atoms with E-state index in [0.717, 1.165) is 16.8 Å². The fraction of sp³-hybridized carbons (Fsp3) is 0.0714. The summed E-state index contributed by atoms with van der Waals surface area (Å²) in [6, 6.07) is 13.3. The minimum absolute atomic E-state index is 0.488. The number of nitrogens with two attached hydrogens (primary N) is 1. The maximum atomic E-state index is 6.06. The first-order chi connectivity index (χ1) is 9.66. The molecule has 3 aromatic rings. The van der Waals surface area contributed by atoms with Gasteiger partial charge in [0.05, 0.1) is 16.4 Å². The lowest BCUT2D eigenvalue weighted by molar-refractivity contribution is 0.787. The van der Waals surface area contributed by atoms with Gasteiger partial charge in [0, 0.05) is 5.56 Å². The largest absolute Gasteiger partial charge is 0.398 e. The molecule has 20 heavy (non-hydrogen) atoms. The topological polar surface area (TPSA) is 69.6 Å². The molecule has 0 fully saturated rings. The zero-order chi connectivity index (χ0) is 14.1. The summed E-state index contributed by atoms with van der Waals surface area (Å²) in [7, 11) is 0. The van der Waals surface area contributed by atoms with Gasteiger partial charge in [0.25, 0.3) is 0 Å². The molecule has 0 aliphatic rings. The SMILES string of the molecule is Cc1ccccc1-n1nnnc1-c1ccc(N)c(Cl)c1. The Kier molecular flexibility index (Phi) is 3.12. The van der Waals surface area contributed by atoms with Gasteiger partial charge in [-0.3, -0.25) is 0 Å². The van der Waals surface area contributed by atoms with E-state index in [1.54, 1.807) is 16.8 Å². The van der Waals surface area contributed by atoms with Gasteiger partial charge in [-0.05, 0) is 47.2 Å². The highest BCUT2D eigenvalue weighted by Crippen LogP contribution is 2.27. The molecule has 0 aliphatic heterocycles. The van der Waals surface area contributed by atoms with Crippen LogP contribution < -0.4 is 5.73 Å². The highest BCUT2D eigenvalue weighted by Gasteiger charge is 2.13. The Morgan fingerprint density at radius 3 is 2.70 bits per heavy atom. The Labute approximate surface area is 121 Å². The zero-order valence-electron chi connectivity index (χ0n) is 10.8. The first kappa shape index (κ1) is 12.6. The van der Waals surface area contributed by atoms with Crippen molar-refractivity contribution in [2.24, 2.45) is 0 Å². The average Bonchev–Trinajstić information content (AvgIpc) is 2.91. The number of hydrogen-bond acceptors (Lipinski definition) is 4. The normalized spacial score (nSPS) is 10.7. The van der Waals surface area contributed by atoms with Crippen LogP contribution in [-0.2, 0) is 0 Å². The number of halogens is 1. The Hall–Kier alpha value is -2.40. The molecule has 0 amide bonds. The van der Waals surface area contributed by atoms with Crippen LogP contribution in [0, 0.1) is 6.92 Å². The maximum absolute atomic E-state index is 6.06. The van der Waals surface area contributed by atoms with Gasteiger partial charge in [0.1, 0.15) is 0 Å². The molecule has 1 aromatic heterocycles.